The highest BCUT2D eigenvalue weighted by atomic mass is 16.1. The number of nitrogens with one attached hydrogen (secondary N) is 2. The summed E-state index contributed by atoms with van der Waals surface area (Å²) >= 11 is 0. The van der Waals surface area contributed by atoms with E-state index in [-0.39, 0.29) is 5.69 Å². The van der Waals surface area contributed by atoms with E-state index in [0.29, 0.717) is 0 Å². The maximum atomic E-state index is 12.6. The van der Waals surface area contributed by atoms with Gasteiger partial charge in [-0.3, -0.25) is 19.6 Å². The molecule has 7 nitrogen and oxygen atoms in total. The molecule has 0 bridgehead atoms. The zero-order valence-corrected chi connectivity index (χ0v) is 14.8. The first-order valence-corrected chi connectivity index (χ1v) is 8.59. The maximum Gasteiger partial charge on any atom is 0.331 e. The van der Waals surface area contributed by atoms with Gasteiger partial charge in [0.2, 0.25) is 0 Å². The molecule has 0 fully saturated rings. The molecule has 0 aliphatic rings. The van der Waals surface area contributed by atoms with Gasteiger partial charge in [0.05, 0.1) is 46.0 Å². The number of imidazole rings is 1. The second-order valence-corrected chi connectivity index (χ2v) is 6.56. The minimum atomic E-state index is -0.171. The molecule has 0 saturated heterocycles. The SMILES string of the molecule is Cc1nc(-c2cncc3[nH]ncc23)ccc1-n1c(=O)[nH]c2cccc(C)c21. The van der Waals surface area contributed by atoms with E-state index in [4.69, 9.17) is 4.98 Å². The number of hydrogen-bond donors (Lipinski definition) is 2. The average molecular weight is 356 g/mol. The summed E-state index contributed by atoms with van der Waals surface area (Å²) < 4.78 is 1.69. The van der Waals surface area contributed by atoms with Crippen molar-refractivity contribution >= 4 is 21.9 Å². The summed E-state index contributed by atoms with van der Waals surface area (Å²) in [6, 6.07) is 9.68. The summed E-state index contributed by atoms with van der Waals surface area (Å²) in [5.41, 5.74) is 6.63. The molecule has 0 aliphatic heterocycles. The van der Waals surface area contributed by atoms with Crippen molar-refractivity contribution in [2.24, 2.45) is 0 Å². The number of aromatic amines is 2. The van der Waals surface area contributed by atoms with E-state index >= 15 is 0 Å². The van der Waals surface area contributed by atoms with Crippen molar-refractivity contribution in [1.29, 1.82) is 0 Å². The lowest BCUT2D eigenvalue weighted by Crippen LogP contribution is -2.16. The van der Waals surface area contributed by atoms with Crippen molar-refractivity contribution in [2.75, 3.05) is 0 Å². The number of aromatic nitrogens is 6. The standard InChI is InChI=1S/C20H16N6O/c1-11-4-3-5-16-19(11)26(20(27)24-16)18-7-6-15(23-12(18)2)13-8-21-10-17-14(13)9-22-25-17/h3-10H,1-2H3,(H,22,25)(H,24,27). The Kier molecular flexibility index (Phi) is 3.24. The number of rotatable bonds is 2. The van der Waals surface area contributed by atoms with E-state index in [2.05, 4.69) is 20.2 Å². The van der Waals surface area contributed by atoms with Crippen LogP contribution in [-0.2, 0) is 0 Å². The number of aryl methyl sites for hydroxylation is 2. The Bertz CT molecular complexity index is 1370. The third-order valence-electron chi connectivity index (χ3n) is 4.85. The summed E-state index contributed by atoms with van der Waals surface area (Å²) in [6.45, 7) is 3.90. The third kappa shape index (κ3) is 2.28. The van der Waals surface area contributed by atoms with E-state index in [1.54, 1.807) is 23.2 Å². The van der Waals surface area contributed by atoms with E-state index in [0.717, 1.165) is 50.1 Å². The number of pyridine rings is 2. The number of benzene rings is 1. The molecule has 1 aromatic carbocycles. The predicted molar refractivity (Wildman–Crippen MR) is 104 cm³/mol. The first-order valence-electron chi connectivity index (χ1n) is 8.59. The van der Waals surface area contributed by atoms with Gasteiger partial charge >= 0.3 is 5.69 Å². The Morgan fingerprint density at radius 3 is 2.74 bits per heavy atom. The van der Waals surface area contributed by atoms with Crippen molar-refractivity contribution in [3.05, 3.63) is 70.7 Å². The quantitative estimate of drug-likeness (QED) is 0.508. The van der Waals surface area contributed by atoms with E-state index < -0.39 is 0 Å². The largest absolute Gasteiger partial charge is 0.331 e. The number of para-hydroxylation sites is 1. The summed E-state index contributed by atoms with van der Waals surface area (Å²) in [6.07, 6.45) is 5.29. The Hall–Kier alpha value is -3.74. The van der Waals surface area contributed by atoms with Gasteiger partial charge in [0.1, 0.15) is 0 Å². The molecule has 5 aromatic rings. The van der Waals surface area contributed by atoms with Gasteiger partial charge in [0.25, 0.3) is 0 Å². The molecule has 0 unspecified atom stereocenters. The van der Waals surface area contributed by atoms with Gasteiger partial charge in [-0.25, -0.2) is 4.79 Å². The molecular formula is C20H16N6O. The minimum Gasteiger partial charge on any atom is -0.305 e. The monoisotopic (exact) mass is 356 g/mol. The van der Waals surface area contributed by atoms with Crippen LogP contribution in [0, 0.1) is 13.8 Å². The third-order valence-corrected chi connectivity index (χ3v) is 4.85. The highest BCUT2D eigenvalue weighted by Crippen LogP contribution is 2.27. The van der Waals surface area contributed by atoms with Gasteiger partial charge < -0.3 is 4.98 Å². The highest BCUT2D eigenvalue weighted by molar-refractivity contribution is 5.92. The average Bonchev–Trinajstić information content (AvgIpc) is 3.26. The van der Waals surface area contributed by atoms with Crippen molar-refractivity contribution in [2.45, 2.75) is 13.8 Å². The van der Waals surface area contributed by atoms with Crippen LogP contribution >= 0.6 is 0 Å². The van der Waals surface area contributed by atoms with Crippen LogP contribution in [0.1, 0.15) is 11.3 Å². The zero-order chi connectivity index (χ0) is 18.5. The molecule has 2 N–H and O–H groups in total. The lowest BCUT2D eigenvalue weighted by atomic mass is 10.1. The molecule has 7 heteroatoms. The Morgan fingerprint density at radius 2 is 1.89 bits per heavy atom. The van der Waals surface area contributed by atoms with Crippen LogP contribution in [-0.4, -0.2) is 29.7 Å². The van der Waals surface area contributed by atoms with Gasteiger partial charge in [-0.1, -0.05) is 12.1 Å². The normalized spacial score (nSPS) is 11.5. The van der Waals surface area contributed by atoms with Crippen LogP contribution in [0.3, 0.4) is 0 Å². The molecule has 27 heavy (non-hydrogen) atoms. The van der Waals surface area contributed by atoms with Crippen LogP contribution in [0.4, 0.5) is 0 Å². The van der Waals surface area contributed by atoms with Crippen molar-refractivity contribution in [1.82, 2.24) is 29.7 Å². The number of hydrogen-bond acceptors (Lipinski definition) is 4. The molecular weight excluding hydrogens is 340 g/mol. The van der Waals surface area contributed by atoms with Crippen LogP contribution in [0.5, 0.6) is 0 Å². The Labute approximate surface area is 153 Å². The van der Waals surface area contributed by atoms with E-state index in [1.807, 2.05) is 44.2 Å². The van der Waals surface area contributed by atoms with E-state index in [1.165, 1.54) is 0 Å². The zero-order valence-electron chi connectivity index (χ0n) is 14.8. The first-order chi connectivity index (χ1) is 13.1. The number of fused-ring (bicyclic) bond motifs is 2. The molecule has 0 spiro atoms. The lowest BCUT2D eigenvalue weighted by Gasteiger charge is -2.10. The van der Waals surface area contributed by atoms with Gasteiger partial charge in [-0.05, 0) is 37.6 Å². The van der Waals surface area contributed by atoms with Crippen LogP contribution in [0.2, 0.25) is 0 Å². The number of H-pyrrole nitrogens is 2. The molecule has 0 atom stereocenters. The molecule has 0 amide bonds. The second-order valence-electron chi connectivity index (χ2n) is 6.56. The van der Waals surface area contributed by atoms with Gasteiger partial charge in [-0.2, -0.15) is 5.10 Å². The van der Waals surface area contributed by atoms with Crippen molar-refractivity contribution in [3.8, 4) is 16.9 Å². The molecule has 0 aliphatic carbocycles. The Balaban J connectivity index is 1.72. The smallest absolute Gasteiger partial charge is 0.305 e. The van der Waals surface area contributed by atoms with Crippen molar-refractivity contribution in [3.63, 3.8) is 0 Å². The van der Waals surface area contributed by atoms with Crippen LogP contribution in [0.15, 0.2) is 53.7 Å². The minimum absolute atomic E-state index is 0.171. The number of nitrogens with zero attached hydrogens (tertiary/aromatic N) is 4. The molecule has 132 valence electrons. The van der Waals surface area contributed by atoms with Crippen molar-refractivity contribution < 1.29 is 0 Å². The Morgan fingerprint density at radius 1 is 1.00 bits per heavy atom. The predicted octanol–water partition coefficient (Wildman–Crippen LogP) is 3.27. The van der Waals surface area contributed by atoms with Gasteiger partial charge in [-0.15, -0.1) is 0 Å². The molecule has 4 heterocycles. The van der Waals surface area contributed by atoms with Crippen LogP contribution in [0.25, 0.3) is 38.9 Å². The molecule has 4 aromatic heterocycles. The fourth-order valence-electron chi connectivity index (χ4n) is 3.57. The van der Waals surface area contributed by atoms with Gasteiger partial charge in [0, 0.05) is 17.1 Å². The maximum absolute atomic E-state index is 12.6. The summed E-state index contributed by atoms with van der Waals surface area (Å²) in [5.74, 6) is 0. The van der Waals surface area contributed by atoms with Gasteiger partial charge in [0.15, 0.2) is 0 Å². The van der Waals surface area contributed by atoms with Crippen LogP contribution < -0.4 is 5.69 Å². The second kappa shape index (κ2) is 5.63. The summed E-state index contributed by atoms with van der Waals surface area (Å²) in [7, 11) is 0. The summed E-state index contributed by atoms with van der Waals surface area (Å²) in [5, 5.41) is 7.97. The van der Waals surface area contributed by atoms with E-state index in [9.17, 15) is 4.79 Å². The topological polar surface area (TPSA) is 92.2 Å². The summed E-state index contributed by atoms with van der Waals surface area (Å²) in [4.78, 5) is 24.5. The molecule has 0 radical (unpaired) electrons. The first kappa shape index (κ1) is 15.5. The molecule has 5 rings (SSSR count). The highest BCUT2D eigenvalue weighted by Gasteiger charge is 2.15. The fraction of sp³-hybridized carbons (Fsp3) is 0.100. The lowest BCUT2D eigenvalue weighted by molar-refractivity contribution is 0.979. The fourth-order valence-corrected chi connectivity index (χ4v) is 3.57. The molecule has 0 saturated carbocycles.